The lowest BCUT2D eigenvalue weighted by Crippen LogP contribution is -1.96. The summed E-state index contributed by atoms with van der Waals surface area (Å²) >= 11 is 0. The number of hydrogen-bond donors (Lipinski definition) is 0. The number of halogens is 1. The second-order valence-electron chi connectivity index (χ2n) is 4.21. The van der Waals surface area contributed by atoms with Gasteiger partial charge < -0.3 is 9.15 Å². The van der Waals surface area contributed by atoms with Crippen molar-refractivity contribution >= 4 is 0 Å². The Balaban J connectivity index is 1.97. The van der Waals surface area contributed by atoms with Gasteiger partial charge in [0.05, 0.1) is 6.61 Å². The molecule has 0 spiro atoms. The van der Waals surface area contributed by atoms with Gasteiger partial charge in [0.2, 0.25) is 11.8 Å². The van der Waals surface area contributed by atoms with Gasteiger partial charge in [-0.25, -0.2) is 9.37 Å². The normalized spacial score (nSPS) is 10.6. The monoisotopic (exact) mass is 285 g/mol. The maximum Gasteiger partial charge on any atom is 0.253 e. The highest BCUT2D eigenvalue weighted by atomic mass is 19.1. The Morgan fingerprint density at radius 3 is 2.62 bits per heavy atom. The predicted molar refractivity (Wildman–Crippen MR) is 74.1 cm³/mol. The number of nitrogens with zero attached hydrogens (tertiary/aromatic N) is 3. The summed E-state index contributed by atoms with van der Waals surface area (Å²) in [6.45, 7) is 2.36. The van der Waals surface area contributed by atoms with Gasteiger partial charge in [0, 0.05) is 11.8 Å². The summed E-state index contributed by atoms with van der Waals surface area (Å²) in [6, 6.07) is 9.40. The third-order valence-electron chi connectivity index (χ3n) is 2.80. The fraction of sp³-hybridized carbons (Fsp3) is 0.133. The summed E-state index contributed by atoms with van der Waals surface area (Å²) < 4.78 is 24.0. The van der Waals surface area contributed by atoms with E-state index in [2.05, 4.69) is 15.2 Å². The van der Waals surface area contributed by atoms with Crippen LogP contribution in [0, 0.1) is 5.82 Å². The SMILES string of the molecule is CCOc1ncccc1-c1nnc(-c2ccc(F)cc2)o1. The van der Waals surface area contributed by atoms with Crippen molar-refractivity contribution in [1.82, 2.24) is 15.2 Å². The molecular formula is C15H12FN3O2. The second-order valence-corrected chi connectivity index (χ2v) is 4.21. The standard InChI is InChI=1S/C15H12FN3O2/c1-2-20-14-12(4-3-9-17-14)15-19-18-13(21-15)10-5-7-11(16)8-6-10/h3-9H,2H2,1H3. The maximum atomic E-state index is 12.9. The molecule has 0 bridgehead atoms. The molecule has 0 radical (unpaired) electrons. The zero-order valence-electron chi connectivity index (χ0n) is 11.3. The Morgan fingerprint density at radius 2 is 1.86 bits per heavy atom. The van der Waals surface area contributed by atoms with Gasteiger partial charge in [-0.15, -0.1) is 10.2 Å². The summed E-state index contributed by atoms with van der Waals surface area (Å²) in [5.74, 6) is 0.751. The molecule has 1 aromatic carbocycles. The van der Waals surface area contributed by atoms with Crippen molar-refractivity contribution in [3.05, 3.63) is 48.4 Å². The molecule has 6 heteroatoms. The van der Waals surface area contributed by atoms with E-state index in [-0.39, 0.29) is 5.82 Å². The molecule has 0 aliphatic rings. The van der Waals surface area contributed by atoms with Crippen LogP contribution in [0.1, 0.15) is 6.92 Å². The van der Waals surface area contributed by atoms with E-state index in [0.29, 0.717) is 35.4 Å². The summed E-state index contributed by atoms with van der Waals surface area (Å²) in [6.07, 6.45) is 1.63. The van der Waals surface area contributed by atoms with E-state index in [4.69, 9.17) is 9.15 Å². The van der Waals surface area contributed by atoms with E-state index < -0.39 is 0 Å². The Hall–Kier alpha value is -2.76. The Morgan fingerprint density at radius 1 is 1.10 bits per heavy atom. The molecule has 5 nitrogen and oxygen atoms in total. The first-order valence-electron chi connectivity index (χ1n) is 6.45. The molecular weight excluding hydrogens is 273 g/mol. The van der Waals surface area contributed by atoms with E-state index in [0.717, 1.165) is 0 Å². The van der Waals surface area contributed by atoms with Crippen LogP contribution < -0.4 is 4.74 Å². The fourth-order valence-electron chi connectivity index (χ4n) is 1.85. The molecule has 0 amide bonds. The number of aromatic nitrogens is 3. The smallest absolute Gasteiger partial charge is 0.253 e. The molecule has 0 saturated heterocycles. The van der Waals surface area contributed by atoms with Crippen LogP contribution in [0.5, 0.6) is 5.88 Å². The number of benzene rings is 1. The van der Waals surface area contributed by atoms with Gasteiger partial charge in [0.25, 0.3) is 5.89 Å². The lowest BCUT2D eigenvalue weighted by atomic mass is 10.2. The van der Waals surface area contributed by atoms with Gasteiger partial charge in [0.15, 0.2) is 0 Å². The Kier molecular flexibility index (Phi) is 3.59. The number of pyridine rings is 1. The van der Waals surface area contributed by atoms with Crippen LogP contribution in [0.3, 0.4) is 0 Å². The van der Waals surface area contributed by atoms with E-state index in [9.17, 15) is 4.39 Å². The summed E-state index contributed by atoms with van der Waals surface area (Å²) in [7, 11) is 0. The average molecular weight is 285 g/mol. The average Bonchev–Trinajstić information content (AvgIpc) is 2.99. The van der Waals surface area contributed by atoms with Gasteiger partial charge >= 0.3 is 0 Å². The molecule has 0 fully saturated rings. The van der Waals surface area contributed by atoms with Crippen LogP contribution in [0.15, 0.2) is 47.0 Å². The van der Waals surface area contributed by atoms with Crippen molar-refractivity contribution in [3.63, 3.8) is 0 Å². The third kappa shape index (κ3) is 2.74. The minimum atomic E-state index is -0.315. The van der Waals surface area contributed by atoms with Crippen LogP contribution in [0.2, 0.25) is 0 Å². The van der Waals surface area contributed by atoms with Crippen molar-refractivity contribution in [2.24, 2.45) is 0 Å². The van der Waals surface area contributed by atoms with Crippen LogP contribution >= 0.6 is 0 Å². The molecule has 3 aromatic rings. The molecule has 3 rings (SSSR count). The van der Waals surface area contributed by atoms with Crippen molar-refractivity contribution in [2.75, 3.05) is 6.61 Å². The first-order valence-corrected chi connectivity index (χ1v) is 6.45. The number of ether oxygens (including phenoxy) is 1. The second kappa shape index (κ2) is 5.70. The summed E-state index contributed by atoms with van der Waals surface area (Å²) in [5.41, 5.74) is 1.28. The molecule has 0 unspecified atom stereocenters. The van der Waals surface area contributed by atoms with Gasteiger partial charge in [-0.2, -0.15) is 0 Å². The third-order valence-corrected chi connectivity index (χ3v) is 2.80. The van der Waals surface area contributed by atoms with Crippen LogP contribution in [-0.4, -0.2) is 21.8 Å². The largest absolute Gasteiger partial charge is 0.477 e. The maximum absolute atomic E-state index is 12.9. The molecule has 0 saturated carbocycles. The minimum Gasteiger partial charge on any atom is -0.477 e. The highest BCUT2D eigenvalue weighted by Gasteiger charge is 2.15. The molecule has 2 heterocycles. The molecule has 2 aromatic heterocycles. The highest BCUT2D eigenvalue weighted by molar-refractivity contribution is 5.61. The number of rotatable bonds is 4. The quantitative estimate of drug-likeness (QED) is 0.735. The molecule has 0 aliphatic carbocycles. The molecule has 106 valence electrons. The predicted octanol–water partition coefficient (Wildman–Crippen LogP) is 3.34. The van der Waals surface area contributed by atoms with Gasteiger partial charge in [-0.05, 0) is 43.3 Å². The van der Waals surface area contributed by atoms with E-state index >= 15 is 0 Å². The van der Waals surface area contributed by atoms with Crippen molar-refractivity contribution in [3.8, 4) is 28.8 Å². The Bertz CT molecular complexity index is 741. The van der Waals surface area contributed by atoms with Gasteiger partial charge in [-0.1, -0.05) is 0 Å². The van der Waals surface area contributed by atoms with Crippen LogP contribution in [0.4, 0.5) is 4.39 Å². The van der Waals surface area contributed by atoms with E-state index in [1.165, 1.54) is 12.1 Å². The zero-order chi connectivity index (χ0) is 14.7. The lowest BCUT2D eigenvalue weighted by molar-refractivity contribution is 0.327. The van der Waals surface area contributed by atoms with Crippen LogP contribution in [-0.2, 0) is 0 Å². The minimum absolute atomic E-state index is 0.311. The van der Waals surface area contributed by atoms with E-state index in [1.54, 1.807) is 30.5 Å². The highest BCUT2D eigenvalue weighted by Crippen LogP contribution is 2.29. The molecule has 21 heavy (non-hydrogen) atoms. The first kappa shape index (κ1) is 13.2. The van der Waals surface area contributed by atoms with Gasteiger partial charge in [-0.3, -0.25) is 0 Å². The zero-order valence-corrected chi connectivity index (χ0v) is 11.3. The van der Waals surface area contributed by atoms with Crippen molar-refractivity contribution < 1.29 is 13.5 Å². The molecule has 0 N–H and O–H groups in total. The van der Waals surface area contributed by atoms with E-state index in [1.807, 2.05) is 6.92 Å². The van der Waals surface area contributed by atoms with Crippen LogP contribution in [0.25, 0.3) is 22.9 Å². The number of hydrogen-bond acceptors (Lipinski definition) is 5. The topological polar surface area (TPSA) is 61.0 Å². The molecule has 0 aliphatic heterocycles. The fourth-order valence-corrected chi connectivity index (χ4v) is 1.85. The molecule has 0 atom stereocenters. The Labute approximate surface area is 120 Å². The van der Waals surface area contributed by atoms with Gasteiger partial charge in [0.1, 0.15) is 11.4 Å². The van der Waals surface area contributed by atoms with Crippen molar-refractivity contribution in [1.29, 1.82) is 0 Å². The first-order chi connectivity index (χ1) is 10.3. The lowest BCUT2D eigenvalue weighted by Gasteiger charge is -2.04. The van der Waals surface area contributed by atoms with Crippen molar-refractivity contribution in [2.45, 2.75) is 6.92 Å². The summed E-state index contributed by atoms with van der Waals surface area (Å²) in [5, 5.41) is 7.97. The summed E-state index contributed by atoms with van der Waals surface area (Å²) in [4.78, 5) is 4.14.